The van der Waals surface area contributed by atoms with Crippen LogP contribution >= 0.6 is 0 Å². The number of aliphatic hydroxyl groups is 6. The minimum Gasteiger partial charge on any atom is -0.497 e. The maximum atomic E-state index is 11.5. The lowest BCUT2D eigenvalue weighted by Gasteiger charge is -2.55. The number of rotatable bonds is 6. The molecule has 0 unspecified atom stereocenters. The third-order valence-electron chi connectivity index (χ3n) is 5.99. The first kappa shape index (κ1) is 22.5. The van der Waals surface area contributed by atoms with Gasteiger partial charge in [0.25, 0.3) is 0 Å². The summed E-state index contributed by atoms with van der Waals surface area (Å²) in [6.45, 7) is 0. The Bertz CT molecular complexity index is 768. The van der Waals surface area contributed by atoms with Crippen molar-refractivity contribution in [1.82, 2.24) is 0 Å². The first-order valence-electron chi connectivity index (χ1n) is 9.59. The van der Waals surface area contributed by atoms with E-state index in [9.17, 15) is 30.6 Å². The molecule has 1 aliphatic carbocycles. The Hall–Kier alpha value is -2.20. The Morgan fingerprint density at radius 1 is 0.633 bits per heavy atom. The van der Waals surface area contributed by atoms with Gasteiger partial charge in [-0.2, -0.15) is 0 Å². The average molecular weight is 420 g/mol. The van der Waals surface area contributed by atoms with Crippen LogP contribution in [-0.4, -0.2) is 80.5 Å². The summed E-state index contributed by atoms with van der Waals surface area (Å²) < 4.78 is 10.2. The zero-order chi connectivity index (χ0) is 22.1. The van der Waals surface area contributed by atoms with Gasteiger partial charge in [0.15, 0.2) is 0 Å². The fourth-order valence-electron chi connectivity index (χ4n) is 4.08. The van der Waals surface area contributed by atoms with Crippen molar-refractivity contribution in [2.24, 2.45) is 0 Å². The molecule has 6 N–H and O–H groups in total. The van der Waals surface area contributed by atoms with Crippen molar-refractivity contribution < 1.29 is 40.1 Å². The first-order valence-corrected chi connectivity index (χ1v) is 9.59. The Morgan fingerprint density at radius 3 is 1.20 bits per heavy atom. The molecule has 0 aromatic heterocycles. The summed E-state index contributed by atoms with van der Waals surface area (Å²) in [5, 5.41) is 64.7. The van der Waals surface area contributed by atoms with E-state index in [-0.39, 0.29) is 12.8 Å². The number of methoxy groups -OCH3 is 2. The lowest BCUT2D eigenvalue weighted by molar-refractivity contribution is -0.312. The van der Waals surface area contributed by atoms with Crippen LogP contribution in [0.2, 0.25) is 0 Å². The van der Waals surface area contributed by atoms with Gasteiger partial charge in [-0.25, -0.2) is 0 Å². The van der Waals surface area contributed by atoms with Gasteiger partial charge >= 0.3 is 0 Å². The van der Waals surface area contributed by atoms with Crippen LogP contribution in [0.1, 0.15) is 11.1 Å². The first-order chi connectivity index (χ1) is 14.2. The van der Waals surface area contributed by atoms with E-state index in [2.05, 4.69) is 0 Å². The molecule has 0 amide bonds. The van der Waals surface area contributed by atoms with E-state index in [0.29, 0.717) is 22.6 Å². The van der Waals surface area contributed by atoms with Crippen LogP contribution in [0.3, 0.4) is 0 Å². The van der Waals surface area contributed by atoms with Crippen LogP contribution in [0.25, 0.3) is 0 Å². The monoisotopic (exact) mass is 420 g/mol. The highest BCUT2D eigenvalue weighted by molar-refractivity contribution is 5.33. The largest absolute Gasteiger partial charge is 0.497 e. The molecule has 0 spiro atoms. The van der Waals surface area contributed by atoms with Crippen LogP contribution in [0, 0.1) is 0 Å². The van der Waals surface area contributed by atoms with Gasteiger partial charge in [0.1, 0.15) is 47.1 Å². The normalized spacial score (nSPS) is 33.9. The van der Waals surface area contributed by atoms with E-state index in [1.165, 1.54) is 14.2 Å². The molecule has 0 bridgehead atoms. The predicted molar refractivity (Wildman–Crippen MR) is 107 cm³/mol. The molecule has 6 atom stereocenters. The molecule has 8 heteroatoms. The number of benzene rings is 2. The maximum absolute atomic E-state index is 11.5. The van der Waals surface area contributed by atoms with E-state index in [1.807, 2.05) is 0 Å². The number of hydrogen-bond acceptors (Lipinski definition) is 8. The van der Waals surface area contributed by atoms with E-state index in [4.69, 9.17) is 9.47 Å². The van der Waals surface area contributed by atoms with Gasteiger partial charge in [0.05, 0.1) is 14.2 Å². The van der Waals surface area contributed by atoms with Crippen molar-refractivity contribution in [2.75, 3.05) is 14.2 Å². The fourth-order valence-corrected chi connectivity index (χ4v) is 4.08. The maximum Gasteiger partial charge on any atom is 0.129 e. The highest BCUT2D eigenvalue weighted by Crippen LogP contribution is 2.43. The second kappa shape index (κ2) is 8.50. The van der Waals surface area contributed by atoms with E-state index >= 15 is 0 Å². The summed E-state index contributed by atoms with van der Waals surface area (Å²) in [6.07, 6.45) is -8.10. The van der Waals surface area contributed by atoms with Crippen LogP contribution in [0.15, 0.2) is 48.5 Å². The standard InChI is InChI=1S/C22H28O8/c1-29-15-7-3-13(4-8-15)11-21(27)19(25)17(23)18(24)20(26)22(21,28)12-14-5-9-16(30-2)10-6-14/h3-10,17-20,23-28H,11-12H2,1-2H3/t17-,18+,19+,20-,21-,22-/m1/s1. The molecule has 3 rings (SSSR count). The molecule has 0 aliphatic heterocycles. The fraction of sp³-hybridized carbons (Fsp3) is 0.455. The SMILES string of the molecule is COc1ccc(C[C@@]2(O)[C@H](O)[C@@H](O)[C@@H](O)[C@H](O)[C@]2(O)Cc2ccc(OC)cc2)cc1. The molecule has 2 aromatic carbocycles. The van der Waals surface area contributed by atoms with Crippen LogP contribution in [-0.2, 0) is 12.8 Å². The number of ether oxygens (including phenoxy) is 2. The van der Waals surface area contributed by atoms with Gasteiger partial charge in [0.2, 0.25) is 0 Å². The highest BCUT2D eigenvalue weighted by atomic mass is 16.5. The summed E-state index contributed by atoms with van der Waals surface area (Å²) >= 11 is 0. The van der Waals surface area contributed by atoms with Crippen LogP contribution < -0.4 is 9.47 Å². The third kappa shape index (κ3) is 3.78. The summed E-state index contributed by atoms with van der Waals surface area (Å²) in [6, 6.07) is 13.2. The van der Waals surface area contributed by atoms with Gasteiger partial charge in [-0.15, -0.1) is 0 Å². The third-order valence-corrected chi connectivity index (χ3v) is 5.99. The Balaban J connectivity index is 2.01. The Labute approximate surface area is 174 Å². The summed E-state index contributed by atoms with van der Waals surface area (Å²) in [5.74, 6) is 1.16. The van der Waals surface area contributed by atoms with Gasteiger partial charge in [-0.1, -0.05) is 24.3 Å². The zero-order valence-corrected chi connectivity index (χ0v) is 16.8. The van der Waals surface area contributed by atoms with E-state index in [1.54, 1.807) is 48.5 Å². The number of aliphatic hydroxyl groups excluding tert-OH is 4. The average Bonchev–Trinajstić information content (AvgIpc) is 2.77. The van der Waals surface area contributed by atoms with Crippen molar-refractivity contribution in [2.45, 2.75) is 48.5 Å². The molecular weight excluding hydrogens is 392 g/mol. The van der Waals surface area contributed by atoms with Gasteiger partial charge < -0.3 is 40.1 Å². The molecule has 1 fully saturated rings. The van der Waals surface area contributed by atoms with E-state index in [0.717, 1.165) is 0 Å². The number of hydrogen-bond donors (Lipinski definition) is 6. The van der Waals surface area contributed by atoms with Crippen LogP contribution in [0.5, 0.6) is 11.5 Å². The van der Waals surface area contributed by atoms with Crippen molar-refractivity contribution in [1.29, 1.82) is 0 Å². The van der Waals surface area contributed by atoms with Crippen LogP contribution in [0.4, 0.5) is 0 Å². The molecular formula is C22H28O8. The molecule has 8 nitrogen and oxygen atoms in total. The van der Waals surface area contributed by atoms with Crippen molar-refractivity contribution in [3.63, 3.8) is 0 Å². The highest BCUT2D eigenvalue weighted by Gasteiger charge is 2.66. The predicted octanol–water partition coefficient (Wildman–Crippen LogP) is -0.592. The topological polar surface area (TPSA) is 140 Å². The van der Waals surface area contributed by atoms with Gasteiger partial charge in [0, 0.05) is 12.8 Å². The summed E-state index contributed by atoms with van der Waals surface area (Å²) in [5.41, 5.74) is -3.67. The van der Waals surface area contributed by atoms with Crippen molar-refractivity contribution >= 4 is 0 Å². The summed E-state index contributed by atoms with van der Waals surface area (Å²) in [7, 11) is 3.02. The zero-order valence-electron chi connectivity index (χ0n) is 16.8. The quantitative estimate of drug-likeness (QED) is 0.364. The Kier molecular flexibility index (Phi) is 6.37. The molecule has 0 saturated heterocycles. The Morgan fingerprint density at radius 2 is 0.933 bits per heavy atom. The molecule has 1 aliphatic rings. The second-order valence-electron chi connectivity index (χ2n) is 7.77. The van der Waals surface area contributed by atoms with Crippen molar-refractivity contribution in [3.8, 4) is 11.5 Å². The summed E-state index contributed by atoms with van der Waals surface area (Å²) in [4.78, 5) is 0. The molecule has 30 heavy (non-hydrogen) atoms. The molecule has 1 saturated carbocycles. The molecule has 0 heterocycles. The van der Waals surface area contributed by atoms with Gasteiger partial charge in [-0.05, 0) is 35.4 Å². The molecule has 0 radical (unpaired) electrons. The molecule has 2 aromatic rings. The lowest BCUT2D eigenvalue weighted by atomic mass is 9.61. The molecule has 164 valence electrons. The second-order valence-corrected chi connectivity index (χ2v) is 7.77. The lowest BCUT2D eigenvalue weighted by Crippen LogP contribution is -2.78. The minimum absolute atomic E-state index is 0.286. The van der Waals surface area contributed by atoms with E-state index < -0.39 is 35.6 Å². The minimum atomic E-state index is -2.36. The smallest absolute Gasteiger partial charge is 0.129 e. The van der Waals surface area contributed by atoms with Crippen molar-refractivity contribution in [3.05, 3.63) is 59.7 Å². The van der Waals surface area contributed by atoms with Gasteiger partial charge in [-0.3, -0.25) is 0 Å².